The fourth-order valence-corrected chi connectivity index (χ4v) is 2.73. The van der Waals surface area contributed by atoms with Gasteiger partial charge in [0.2, 0.25) is 6.29 Å². The molecular weight excluding hydrogens is 311 g/mol. The number of ether oxygens (including phenoxy) is 2. The third-order valence-electron chi connectivity index (χ3n) is 3.56. The van der Waals surface area contributed by atoms with Gasteiger partial charge in [0.05, 0.1) is 6.10 Å². The quantitative estimate of drug-likeness (QED) is 0.476. The molecule has 5 atom stereocenters. The lowest BCUT2D eigenvalue weighted by molar-refractivity contribution is -0.272. The molecule has 1 aliphatic rings. The van der Waals surface area contributed by atoms with Crippen molar-refractivity contribution in [2.45, 2.75) is 44.1 Å². The van der Waals surface area contributed by atoms with E-state index in [4.69, 9.17) is 19.3 Å². The van der Waals surface area contributed by atoms with E-state index in [1.54, 1.807) is 12.1 Å². The van der Waals surface area contributed by atoms with Gasteiger partial charge >= 0.3 is 0 Å². The summed E-state index contributed by atoms with van der Waals surface area (Å²) in [6, 6.07) is 7.08. The van der Waals surface area contributed by atoms with Crippen LogP contribution in [0.1, 0.15) is 12.0 Å². The lowest BCUT2D eigenvalue weighted by Crippen LogP contribution is -2.59. The molecule has 0 spiro atoms. The van der Waals surface area contributed by atoms with Crippen LogP contribution in [0.3, 0.4) is 0 Å². The highest BCUT2D eigenvalue weighted by Crippen LogP contribution is 2.30. The average molecular weight is 332 g/mol. The molecule has 1 aromatic rings. The van der Waals surface area contributed by atoms with Gasteiger partial charge < -0.3 is 34.6 Å². The largest absolute Gasteiger partial charge is 0.462 e. The zero-order chi connectivity index (χ0) is 16.3. The van der Waals surface area contributed by atoms with E-state index in [1.807, 2.05) is 19.1 Å². The van der Waals surface area contributed by atoms with Gasteiger partial charge in [0.15, 0.2) is 8.38 Å². The summed E-state index contributed by atoms with van der Waals surface area (Å²) in [5, 5.41) is 29.8. The van der Waals surface area contributed by atoms with Crippen LogP contribution in [0.4, 0.5) is 0 Å². The molecule has 22 heavy (non-hydrogen) atoms. The van der Waals surface area contributed by atoms with Crippen molar-refractivity contribution < 1.29 is 34.6 Å². The first-order valence-electron chi connectivity index (χ1n) is 6.97. The summed E-state index contributed by atoms with van der Waals surface area (Å²) in [4.78, 5) is 17.9. The second kappa shape index (κ2) is 7.66. The standard InChI is InChI=1S/C14H21O7P/c1-8-2-4-9(5-3-8)20-14-13(17)12(16)11(15)10(21-14)6-7-22(18)19/h2-5,10-19H,6-7H2,1H3/t10?,11-,12?,13?,14+/m1/s1. The van der Waals surface area contributed by atoms with Gasteiger partial charge in [0.1, 0.15) is 24.1 Å². The van der Waals surface area contributed by atoms with Crippen LogP contribution >= 0.6 is 8.38 Å². The first-order chi connectivity index (χ1) is 10.4. The average Bonchev–Trinajstić information content (AvgIpc) is 2.48. The monoisotopic (exact) mass is 332 g/mol. The fraction of sp³-hybridized carbons (Fsp3) is 0.571. The van der Waals surface area contributed by atoms with Crippen molar-refractivity contribution in [3.63, 3.8) is 0 Å². The number of rotatable bonds is 5. The molecule has 7 nitrogen and oxygen atoms in total. The third-order valence-corrected chi connectivity index (χ3v) is 4.21. The summed E-state index contributed by atoms with van der Waals surface area (Å²) >= 11 is 0. The van der Waals surface area contributed by atoms with Crippen LogP contribution in [0.2, 0.25) is 0 Å². The predicted molar refractivity (Wildman–Crippen MR) is 79.3 cm³/mol. The molecule has 1 aromatic carbocycles. The van der Waals surface area contributed by atoms with Crippen molar-refractivity contribution in [1.82, 2.24) is 0 Å². The van der Waals surface area contributed by atoms with E-state index in [9.17, 15) is 15.3 Å². The Morgan fingerprint density at radius 1 is 1.05 bits per heavy atom. The molecule has 0 aliphatic carbocycles. The SMILES string of the molecule is Cc1ccc(O[C@H]2OC(CCP(O)O)[C@@H](O)C(O)C2O)cc1. The highest BCUT2D eigenvalue weighted by Gasteiger charge is 2.44. The van der Waals surface area contributed by atoms with Crippen LogP contribution in [-0.2, 0) is 4.74 Å². The summed E-state index contributed by atoms with van der Waals surface area (Å²) in [5.41, 5.74) is 1.05. The van der Waals surface area contributed by atoms with Crippen molar-refractivity contribution in [2.75, 3.05) is 6.16 Å². The maximum Gasteiger partial charge on any atom is 0.229 e. The summed E-state index contributed by atoms with van der Waals surface area (Å²) < 4.78 is 11.0. The normalized spacial score (nSPS) is 32.2. The van der Waals surface area contributed by atoms with Crippen molar-refractivity contribution in [3.8, 4) is 5.75 Å². The van der Waals surface area contributed by atoms with E-state index in [1.165, 1.54) is 0 Å². The maximum absolute atomic E-state index is 9.96. The van der Waals surface area contributed by atoms with E-state index in [0.717, 1.165) is 5.56 Å². The van der Waals surface area contributed by atoms with Crippen molar-refractivity contribution in [3.05, 3.63) is 29.8 Å². The summed E-state index contributed by atoms with van der Waals surface area (Å²) in [6.07, 6.45) is -5.97. The molecule has 1 saturated heterocycles. The van der Waals surface area contributed by atoms with Crippen LogP contribution in [0.15, 0.2) is 24.3 Å². The minimum absolute atomic E-state index is 0.0388. The van der Waals surface area contributed by atoms with Crippen LogP contribution in [-0.4, -0.2) is 62.0 Å². The Hall–Kier alpha value is -0.790. The fourth-order valence-electron chi connectivity index (χ4n) is 2.25. The van der Waals surface area contributed by atoms with Crippen molar-refractivity contribution in [1.29, 1.82) is 0 Å². The molecule has 0 bridgehead atoms. The molecule has 1 aliphatic heterocycles. The zero-order valence-corrected chi connectivity index (χ0v) is 13.0. The zero-order valence-electron chi connectivity index (χ0n) is 12.1. The molecule has 0 radical (unpaired) electrons. The second-order valence-corrected chi connectivity index (χ2v) is 6.52. The molecule has 1 heterocycles. The summed E-state index contributed by atoms with van der Waals surface area (Å²) in [6.45, 7) is 1.92. The van der Waals surface area contributed by atoms with Gasteiger partial charge in [-0.15, -0.1) is 0 Å². The first-order valence-corrected chi connectivity index (χ1v) is 8.40. The van der Waals surface area contributed by atoms with E-state index in [-0.39, 0.29) is 12.6 Å². The molecule has 0 aromatic heterocycles. The Kier molecular flexibility index (Phi) is 6.11. The van der Waals surface area contributed by atoms with Crippen LogP contribution in [0, 0.1) is 6.92 Å². The lowest BCUT2D eigenvalue weighted by Gasteiger charge is -2.40. The van der Waals surface area contributed by atoms with E-state index in [0.29, 0.717) is 5.75 Å². The van der Waals surface area contributed by atoms with Gasteiger partial charge in [-0.2, -0.15) is 0 Å². The third kappa shape index (κ3) is 4.36. The smallest absolute Gasteiger partial charge is 0.229 e. The second-order valence-electron chi connectivity index (χ2n) is 5.33. The number of hydrogen-bond donors (Lipinski definition) is 5. The number of benzene rings is 1. The summed E-state index contributed by atoms with van der Waals surface area (Å²) in [5.74, 6) is 0.462. The molecule has 0 saturated carbocycles. The van der Waals surface area contributed by atoms with E-state index < -0.39 is 39.1 Å². The molecule has 1 fully saturated rings. The Morgan fingerprint density at radius 3 is 2.27 bits per heavy atom. The number of aliphatic hydroxyl groups is 3. The molecule has 5 N–H and O–H groups in total. The minimum atomic E-state index is -2.11. The highest BCUT2D eigenvalue weighted by molar-refractivity contribution is 7.45. The predicted octanol–water partition coefficient (Wildman–Crippen LogP) is -0.132. The highest BCUT2D eigenvalue weighted by atomic mass is 31.2. The number of aryl methyl sites for hydroxylation is 1. The Labute approximate surface area is 129 Å². The molecule has 8 heteroatoms. The topological polar surface area (TPSA) is 120 Å². The lowest BCUT2D eigenvalue weighted by atomic mass is 9.97. The molecular formula is C14H21O7P. The maximum atomic E-state index is 9.96. The molecule has 2 rings (SSSR count). The summed E-state index contributed by atoms with van der Waals surface area (Å²) in [7, 11) is -2.11. The molecule has 3 unspecified atom stereocenters. The van der Waals surface area contributed by atoms with Gasteiger partial charge in [-0.25, -0.2) is 0 Å². The van der Waals surface area contributed by atoms with E-state index in [2.05, 4.69) is 0 Å². The molecule has 0 amide bonds. The van der Waals surface area contributed by atoms with Crippen LogP contribution < -0.4 is 4.74 Å². The first kappa shape index (κ1) is 17.6. The molecule has 124 valence electrons. The van der Waals surface area contributed by atoms with Crippen LogP contribution in [0.25, 0.3) is 0 Å². The van der Waals surface area contributed by atoms with Gasteiger partial charge in [-0.05, 0) is 25.5 Å². The number of hydrogen-bond acceptors (Lipinski definition) is 7. The van der Waals surface area contributed by atoms with Gasteiger partial charge in [-0.1, -0.05) is 17.7 Å². The van der Waals surface area contributed by atoms with Crippen molar-refractivity contribution >= 4 is 8.38 Å². The number of aliphatic hydroxyl groups excluding tert-OH is 3. The van der Waals surface area contributed by atoms with Gasteiger partial charge in [0, 0.05) is 6.16 Å². The van der Waals surface area contributed by atoms with E-state index >= 15 is 0 Å². The Bertz CT molecular complexity index is 467. The van der Waals surface area contributed by atoms with Gasteiger partial charge in [0.25, 0.3) is 0 Å². The van der Waals surface area contributed by atoms with Crippen LogP contribution in [0.5, 0.6) is 5.75 Å². The Balaban J connectivity index is 2.04. The van der Waals surface area contributed by atoms with Crippen molar-refractivity contribution in [2.24, 2.45) is 0 Å². The minimum Gasteiger partial charge on any atom is -0.462 e. The Morgan fingerprint density at radius 2 is 1.68 bits per heavy atom. The van der Waals surface area contributed by atoms with Gasteiger partial charge in [-0.3, -0.25) is 0 Å².